The molecule has 2 aromatic rings. The van der Waals surface area contributed by atoms with Crippen molar-refractivity contribution in [3.8, 4) is 0 Å². The molecule has 1 amide bonds. The summed E-state index contributed by atoms with van der Waals surface area (Å²) in [5, 5.41) is 4.73. The Kier molecular flexibility index (Phi) is 7.04. The average Bonchev–Trinajstić information content (AvgIpc) is 2.80. The van der Waals surface area contributed by atoms with Crippen molar-refractivity contribution in [2.75, 3.05) is 13.1 Å². The highest BCUT2D eigenvalue weighted by atomic mass is 16.2. The molecule has 1 unspecified atom stereocenters. The summed E-state index contributed by atoms with van der Waals surface area (Å²) >= 11 is 0. The number of para-hydroxylation sites is 1. The van der Waals surface area contributed by atoms with Crippen molar-refractivity contribution in [1.82, 2.24) is 14.8 Å². The summed E-state index contributed by atoms with van der Waals surface area (Å²) in [6.07, 6.45) is 8.83. The zero-order valence-corrected chi connectivity index (χ0v) is 20.0. The van der Waals surface area contributed by atoms with Gasteiger partial charge in [-0.15, -0.1) is 0 Å². The SMILES string of the molecule is Cn1c(=O)c(CN(CCC2NCCCC2(C)C)C(=O)C2CCCCC2)cc2ccccc21. The summed E-state index contributed by atoms with van der Waals surface area (Å²) in [6.45, 7) is 6.81. The highest BCUT2D eigenvalue weighted by Crippen LogP contribution is 2.32. The van der Waals surface area contributed by atoms with Gasteiger partial charge in [0.1, 0.15) is 0 Å². The minimum absolute atomic E-state index is 0.00117. The first-order valence-electron chi connectivity index (χ1n) is 12.5. The predicted octanol–water partition coefficient (Wildman–Crippen LogP) is 4.62. The van der Waals surface area contributed by atoms with Crippen LogP contribution >= 0.6 is 0 Å². The molecule has 2 aliphatic rings. The van der Waals surface area contributed by atoms with Crippen LogP contribution in [0.2, 0.25) is 0 Å². The smallest absolute Gasteiger partial charge is 0.255 e. The minimum Gasteiger partial charge on any atom is -0.338 e. The first-order valence-corrected chi connectivity index (χ1v) is 12.5. The van der Waals surface area contributed by atoms with Crippen LogP contribution < -0.4 is 10.9 Å². The van der Waals surface area contributed by atoms with E-state index in [1.165, 1.54) is 19.3 Å². The summed E-state index contributed by atoms with van der Waals surface area (Å²) in [4.78, 5) is 28.7. The maximum absolute atomic E-state index is 13.6. The monoisotopic (exact) mass is 437 g/mol. The highest BCUT2D eigenvalue weighted by molar-refractivity contribution is 5.81. The number of benzene rings is 1. The van der Waals surface area contributed by atoms with Crippen LogP contribution in [0.25, 0.3) is 10.9 Å². The average molecular weight is 438 g/mol. The number of aryl methyl sites for hydroxylation is 1. The number of fused-ring (bicyclic) bond motifs is 1. The number of aromatic nitrogens is 1. The number of pyridine rings is 1. The molecule has 1 saturated carbocycles. The number of rotatable bonds is 6. The minimum atomic E-state index is 0.00117. The predicted molar refractivity (Wildman–Crippen MR) is 131 cm³/mol. The Hall–Kier alpha value is -2.14. The topological polar surface area (TPSA) is 54.3 Å². The van der Waals surface area contributed by atoms with Crippen LogP contribution in [-0.2, 0) is 18.4 Å². The van der Waals surface area contributed by atoms with Gasteiger partial charge in [-0.1, -0.05) is 51.3 Å². The summed E-state index contributed by atoms with van der Waals surface area (Å²) in [6, 6.07) is 10.4. The highest BCUT2D eigenvalue weighted by Gasteiger charge is 2.33. The van der Waals surface area contributed by atoms with E-state index in [2.05, 4.69) is 19.2 Å². The standard InChI is InChI=1S/C27H39N3O2/c1-27(2)15-9-16-28-24(27)14-17-30(26(32)20-10-5-4-6-11-20)19-22-18-21-12-7-8-13-23(21)29(3)25(22)31/h7-8,12-13,18,20,24,28H,4-6,9-11,14-17,19H2,1-3H3. The normalized spacial score (nSPS) is 21.5. The Balaban J connectivity index is 1.59. The van der Waals surface area contributed by atoms with E-state index in [9.17, 15) is 9.59 Å². The molecule has 1 atom stereocenters. The molecule has 0 radical (unpaired) electrons. The molecule has 1 N–H and O–H groups in total. The van der Waals surface area contributed by atoms with Gasteiger partial charge in [0.2, 0.25) is 5.91 Å². The molecule has 1 saturated heterocycles. The van der Waals surface area contributed by atoms with Crippen molar-refractivity contribution in [2.45, 2.75) is 77.8 Å². The van der Waals surface area contributed by atoms with Crippen LogP contribution in [0, 0.1) is 11.3 Å². The molecular formula is C27H39N3O2. The number of carbonyl (C=O) groups is 1. The van der Waals surface area contributed by atoms with Crippen molar-refractivity contribution in [2.24, 2.45) is 18.4 Å². The Morgan fingerprint density at radius 1 is 1.16 bits per heavy atom. The first kappa shape index (κ1) is 23.0. The number of hydrogen-bond acceptors (Lipinski definition) is 3. The van der Waals surface area contributed by atoms with Crippen LogP contribution in [0.15, 0.2) is 35.1 Å². The molecule has 2 heterocycles. The Bertz CT molecular complexity index is 1000. The van der Waals surface area contributed by atoms with E-state index in [0.717, 1.165) is 49.6 Å². The number of piperidine rings is 1. The Morgan fingerprint density at radius 3 is 2.66 bits per heavy atom. The Labute approximate surface area is 192 Å². The maximum atomic E-state index is 13.6. The molecule has 1 aromatic carbocycles. The van der Waals surface area contributed by atoms with E-state index < -0.39 is 0 Å². The van der Waals surface area contributed by atoms with Gasteiger partial charge in [-0.2, -0.15) is 0 Å². The van der Waals surface area contributed by atoms with E-state index in [4.69, 9.17) is 0 Å². The maximum Gasteiger partial charge on any atom is 0.255 e. The lowest BCUT2D eigenvalue weighted by Gasteiger charge is -2.41. The summed E-state index contributed by atoms with van der Waals surface area (Å²) in [5.41, 5.74) is 1.88. The second kappa shape index (κ2) is 9.78. The fourth-order valence-corrected chi connectivity index (χ4v) is 5.73. The van der Waals surface area contributed by atoms with Gasteiger partial charge in [0.25, 0.3) is 5.56 Å². The third-order valence-corrected chi connectivity index (χ3v) is 7.85. The summed E-state index contributed by atoms with van der Waals surface area (Å²) < 4.78 is 1.72. The molecule has 1 aliphatic carbocycles. The number of nitrogens with one attached hydrogen (secondary N) is 1. The quantitative estimate of drug-likeness (QED) is 0.718. The third kappa shape index (κ3) is 4.93. The third-order valence-electron chi connectivity index (χ3n) is 7.85. The fraction of sp³-hybridized carbons (Fsp3) is 0.630. The lowest BCUT2D eigenvalue weighted by Crippen LogP contribution is -2.49. The zero-order valence-electron chi connectivity index (χ0n) is 20.0. The van der Waals surface area contributed by atoms with Crippen LogP contribution in [0.5, 0.6) is 0 Å². The van der Waals surface area contributed by atoms with Crippen molar-refractivity contribution in [3.05, 3.63) is 46.2 Å². The first-order chi connectivity index (χ1) is 15.4. The summed E-state index contributed by atoms with van der Waals surface area (Å²) in [5.74, 6) is 0.355. The van der Waals surface area contributed by atoms with Crippen LogP contribution in [0.1, 0.15) is 70.8 Å². The molecule has 4 rings (SSSR count). The van der Waals surface area contributed by atoms with Gasteiger partial charge in [0.05, 0.1) is 12.1 Å². The van der Waals surface area contributed by atoms with Gasteiger partial charge in [-0.25, -0.2) is 0 Å². The van der Waals surface area contributed by atoms with Gasteiger partial charge in [0.15, 0.2) is 0 Å². The van der Waals surface area contributed by atoms with Crippen LogP contribution in [-0.4, -0.2) is 34.5 Å². The largest absolute Gasteiger partial charge is 0.338 e. The Morgan fingerprint density at radius 2 is 1.91 bits per heavy atom. The molecule has 0 spiro atoms. The van der Waals surface area contributed by atoms with Crippen molar-refractivity contribution >= 4 is 16.8 Å². The fourth-order valence-electron chi connectivity index (χ4n) is 5.73. The van der Waals surface area contributed by atoms with Crippen molar-refractivity contribution < 1.29 is 4.79 Å². The molecular weight excluding hydrogens is 398 g/mol. The second-order valence-electron chi connectivity index (χ2n) is 10.6. The second-order valence-corrected chi connectivity index (χ2v) is 10.6. The number of carbonyl (C=O) groups excluding carboxylic acids is 1. The van der Waals surface area contributed by atoms with Gasteiger partial charge < -0.3 is 14.8 Å². The van der Waals surface area contributed by atoms with Crippen LogP contribution in [0.4, 0.5) is 0 Å². The number of nitrogens with zero attached hydrogens (tertiary/aromatic N) is 2. The zero-order chi connectivity index (χ0) is 22.7. The molecule has 5 nitrogen and oxygen atoms in total. The van der Waals surface area contributed by atoms with E-state index in [-0.39, 0.29) is 22.8 Å². The van der Waals surface area contributed by atoms with E-state index in [0.29, 0.717) is 24.7 Å². The van der Waals surface area contributed by atoms with Gasteiger partial charge in [-0.05, 0) is 61.6 Å². The van der Waals surface area contributed by atoms with Crippen molar-refractivity contribution in [3.63, 3.8) is 0 Å². The van der Waals surface area contributed by atoms with E-state index in [1.807, 2.05) is 42.3 Å². The molecule has 5 heteroatoms. The van der Waals surface area contributed by atoms with Gasteiger partial charge in [0, 0.05) is 31.1 Å². The lowest BCUT2D eigenvalue weighted by molar-refractivity contribution is -0.137. The molecule has 0 bridgehead atoms. The molecule has 2 fully saturated rings. The molecule has 174 valence electrons. The van der Waals surface area contributed by atoms with Crippen molar-refractivity contribution in [1.29, 1.82) is 0 Å². The van der Waals surface area contributed by atoms with Crippen LogP contribution in [0.3, 0.4) is 0 Å². The van der Waals surface area contributed by atoms with E-state index in [1.54, 1.807) is 4.57 Å². The van der Waals surface area contributed by atoms with E-state index >= 15 is 0 Å². The number of amides is 1. The number of hydrogen-bond donors (Lipinski definition) is 1. The molecule has 1 aliphatic heterocycles. The molecule has 1 aromatic heterocycles. The lowest BCUT2D eigenvalue weighted by atomic mass is 9.76. The van der Waals surface area contributed by atoms with Gasteiger partial charge in [-0.3, -0.25) is 9.59 Å². The van der Waals surface area contributed by atoms with Gasteiger partial charge >= 0.3 is 0 Å². The summed E-state index contributed by atoms with van der Waals surface area (Å²) in [7, 11) is 1.83. The molecule has 32 heavy (non-hydrogen) atoms.